The van der Waals surface area contributed by atoms with E-state index >= 15 is 0 Å². The van der Waals surface area contributed by atoms with E-state index in [1.807, 2.05) is 0 Å². The first-order valence-electron chi connectivity index (χ1n) is 5.35. The van der Waals surface area contributed by atoms with Gasteiger partial charge in [-0.2, -0.15) is 0 Å². The highest BCUT2D eigenvalue weighted by molar-refractivity contribution is 8.22. The minimum atomic E-state index is 0.585. The zero-order valence-electron chi connectivity index (χ0n) is 9.55. The molecule has 1 aromatic heterocycles. The fourth-order valence-electron chi connectivity index (χ4n) is 1.56. The summed E-state index contributed by atoms with van der Waals surface area (Å²) >= 11 is 8.98. The first-order valence-corrected chi connectivity index (χ1v) is 7.62. The average Bonchev–Trinajstić information content (AvgIpc) is 2.73. The molecule has 16 heavy (non-hydrogen) atoms. The number of hydrogen-bond acceptors (Lipinski definition) is 4. The van der Waals surface area contributed by atoms with Crippen LogP contribution < -0.4 is 0 Å². The molecule has 1 aliphatic rings. The van der Waals surface area contributed by atoms with E-state index in [-0.39, 0.29) is 0 Å². The fourth-order valence-corrected chi connectivity index (χ4v) is 3.53. The summed E-state index contributed by atoms with van der Waals surface area (Å²) in [4.78, 5) is 6.11. The maximum absolute atomic E-state index is 5.41. The molecular formula is C11H16N2S3. The van der Waals surface area contributed by atoms with Crippen molar-refractivity contribution in [1.82, 2.24) is 9.80 Å². The molecule has 0 spiro atoms. The van der Waals surface area contributed by atoms with E-state index in [4.69, 9.17) is 12.2 Å². The van der Waals surface area contributed by atoms with Gasteiger partial charge in [-0.05, 0) is 25.3 Å². The zero-order chi connectivity index (χ0) is 11.5. The number of rotatable bonds is 3. The third kappa shape index (κ3) is 2.97. The Hall–Kier alpha value is -0.100. The summed E-state index contributed by atoms with van der Waals surface area (Å²) in [5, 5.41) is 2.12. The molecule has 88 valence electrons. The Balaban J connectivity index is 1.99. The Kier molecular flexibility index (Phi) is 4.24. The van der Waals surface area contributed by atoms with Crippen molar-refractivity contribution >= 4 is 39.6 Å². The van der Waals surface area contributed by atoms with Crippen molar-refractivity contribution in [2.75, 3.05) is 12.5 Å². The minimum absolute atomic E-state index is 0.585. The maximum atomic E-state index is 5.41. The predicted octanol–water partition coefficient (Wildman–Crippen LogP) is 3.21. The largest absolute Gasteiger partial charge is 0.339 e. The van der Waals surface area contributed by atoms with Crippen molar-refractivity contribution in [1.29, 1.82) is 0 Å². The van der Waals surface area contributed by atoms with Gasteiger partial charge in [0.2, 0.25) is 0 Å². The Bertz CT molecular complexity index is 348. The third-order valence-electron chi connectivity index (χ3n) is 2.62. The van der Waals surface area contributed by atoms with Gasteiger partial charge in [-0.3, -0.25) is 4.90 Å². The molecule has 1 aliphatic heterocycles. The number of nitrogens with zero attached hydrogens (tertiary/aromatic N) is 2. The Morgan fingerprint density at radius 2 is 2.31 bits per heavy atom. The van der Waals surface area contributed by atoms with Crippen LogP contribution in [0.15, 0.2) is 17.5 Å². The zero-order valence-corrected chi connectivity index (χ0v) is 12.0. The van der Waals surface area contributed by atoms with Gasteiger partial charge in [-0.25, -0.2) is 0 Å². The van der Waals surface area contributed by atoms with Crippen LogP contribution in [-0.4, -0.2) is 32.7 Å². The summed E-state index contributed by atoms with van der Waals surface area (Å²) in [6.45, 7) is 6.38. The SMILES string of the molecule is CC(C)N1CSC(=S)N(Cc2cccs2)C1. The van der Waals surface area contributed by atoms with Gasteiger partial charge < -0.3 is 4.90 Å². The third-order valence-corrected chi connectivity index (χ3v) is 5.06. The molecule has 0 unspecified atom stereocenters. The van der Waals surface area contributed by atoms with Crippen molar-refractivity contribution in [3.05, 3.63) is 22.4 Å². The highest BCUT2D eigenvalue weighted by Crippen LogP contribution is 2.23. The Morgan fingerprint density at radius 3 is 2.94 bits per heavy atom. The molecule has 0 aromatic carbocycles. The van der Waals surface area contributed by atoms with Gasteiger partial charge in [0, 0.05) is 10.9 Å². The minimum Gasteiger partial charge on any atom is -0.339 e. The van der Waals surface area contributed by atoms with Gasteiger partial charge in [-0.1, -0.05) is 30.0 Å². The van der Waals surface area contributed by atoms with E-state index in [1.54, 1.807) is 23.1 Å². The monoisotopic (exact) mass is 272 g/mol. The van der Waals surface area contributed by atoms with E-state index in [0.717, 1.165) is 23.4 Å². The van der Waals surface area contributed by atoms with Crippen LogP contribution in [-0.2, 0) is 6.54 Å². The Labute approximate surface area is 111 Å². The summed E-state index contributed by atoms with van der Waals surface area (Å²) in [5.41, 5.74) is 0. The van der Waals surface area contributed by atoms with Gasteiger partial charge in [-0.15, -0.1) is 11.3 Å². The average molecular weight is 272 g/mol. The van der Waals surface area contributed by atoms with Crippen LogP contribution in [0.4, 0.5) is 0 Å². The molecule has 0 aliphatic carbocycles. The topological polar surface area (TPSA) is 6.48 Å². The van der Waals surface area contributed by atoms with Crippen molar-refractivity contribution in [2.45, 2.75) is 26.4 Å². The lowest BCUT2D eigenvalue weighted by Crippen LogP contribution is -2.46. The van der Waals surface area contributed by atoms with Crippen LogP contribution in [0.1, 0.15) is 18.7 Å². The highest BCUT2D eigenvalue weighted by Gasteiger charge is 2.23. The number of thiocarbonyl (C=S) groups is 1. The predicted molar refractivity (Wildman–Crippen MR) is 76.8 cm³/mol. The van der Waals surface area contributed by atoms with Crippen LogP contribution in [0.25, 0.3) is 0 Å². The first kappa shape index (κ1) is 12.4. The number of thiophene rings is 1. The van der Waals surface area contributed by atoms with Crippen molar-refractivity contribution in [3.8, 4) is 0 Å². The molecule has 2 rings (SSSR count). The molecule has 0 atom stereocenters. The van der Waals surface area contributed by atoms with E-state index in [2.05, 4.69) is 41.2 Å². The van der Waals surface area contributed by atoms with Crippen LogP contribution in [0, 0.1) is 0 Å². The van der Waals surface area contributed by atoms with Gasteiger partial charge in [0.15, 0.2) is 0 Å². The summed E-state index contributed by atoms with van der Waals surface area (Å²) in [7, 11) is 0. The molecule has 2 nitrogen and oxygen atoms in total. The van der Waals surface area contributed by atoms with Crippen LogP contribution in [0.5, 0.6) is 0 Å². The molecule has 0 radical (unpaired) electrons. The maximum Gasteiger partial charge on any atom is 0.139 e. The standard InChI is InChI=1S/C11H16N2S3/c1-9(2)13-7-12(11(14)16-8-13)6-10-4-3-5-15-10/h3-5,9H,6-8H2,1-2H3. The normalized spacial score (nSPS) is 18.4. The van der Waals surface area contributed by atoms with Crippen LogP contribution in [0.3, 0.4) is 0 Å². The van der Waals surface area contributed by atoms with Crippen molar-refractivity contribution in [2.24, 2.45) is 0 Å². The quantitative estimate of drug-likeness (QED) is 0.779. The lowest BCUT2D eigenvalue weighted by molar-refractivity contribution is 0.172. The fraction of sp³-hybridized carbons (Fsp3) is 0.545. The van der Waals surface area contributed by atoms with E-state index in [0.29, 0.717) is 6.04 Å². The lowest BCUT2D eigenvalue weighted by Gasteiger charge is -2.38. The molecule has 2 heterocycles. The molecule has 0 bridgehead atoms. The van der Waals surface area contributed by atoms with Crippen LogP contribution >= 0.6 is 35.3 Å². The molecule has 1 aromatic rings. The molecule has 0 N–H and O–H groups in total. The van der Waals surface area contributed by atoms with E-state index < -0.39 is 0 Å². The van der Waals surface area contributed by atoms with Gasteiger partial charge in [0.1, 0.15) is 4.32 Å². The van der Waals surface area contributed by atoms with Gasteiger partial charge in [0.25, 0.3) is 0 Å². The summed E-state index contributed by atoms with van der Waals surface area (Å²) in [5.74, 6) is 1.03. The molecule has 5 heteroatoms. The number of hydrogen-bond donors (Lipinski definition) is 0. The molecule has 1 fully saturated rings. The number of thioether (sulfide) groups is 1. The molecule has 0 saturated carbocycles. The van der Waals surface area contributed by atoms with E-state index in [9.17, 15) is 0 Å². The highest BCUT2D eigenvalue weighted by atomic mass is 32.2. The summed E-state index contributed by atoms with van der Waals surface area (Å²) < 4.78 is 1.03. The molecular weight excluding hydrogens is 256 g/mol. The van der Waals surface area contributed by atoms with Gasteiger partial charge in [0.05, 0.1) is 19.1 Å². The van der Waals surface area contributed by atoms with Crippen molar-refractivity contribution < 1.29 is 0 Å². The first-order chi connectivity index (χ1) is 7.66. The Morgan fingerprint density at radius 1 is 1.50 bits per heavy atom. The lowest BCUT2D eigenvalue weighted by atomic mass is 10.3. The molecule has 1 saturated heterocycles. The second kappa shape index (κ2) is 5.49. The van der Waals surface area contributed by atoms with Gasteiger partial charge >= 0.3 is 0 Å². The van der Waals surface area contributed by atoms with Crippen LogP contribution in [0.2, 0.25) is 0 Å². The summed E-state index contributed by atoms with van der Waals surface area (Å²) in [6, 6.07) is 4.86. The second-order valence-electron chi connectivity index (χ2n) is 4.14. The summed E-state index contributed by atoms with van der Waals surface area (Å²) in [6.07, 6.45) is 0. The van der Waals surface area contributed by atoms with E-state index in [1.165, 1.54) is 4.88 Å². The smallest absolute Gasteiger partial charge is 0.139 e. The van der Waals surface area contributed by atoms with Crippen molar-refractivity contribution in [3.63, 3.8) is 0 Å². The molecule has 0 amide bonds. The second-order valence-corrected chi connectivity index (χ2v) is 6.75.